The summed E-state index contributed by atoms with van der Waals surface area (Å²) >= 11 is 0. The highest BCUT2D eigenvalue weighted by Crippen LogP contribution is 2.43. The Morgan fingerprint density at radius 3 is 2.84 bits per heavy atom. The largest absolute Gasteiger partial charge is 0.492 e. The molecule has 0 radical (unpaired) electrons. The fraction of sp³-hybridized carbons (Fsp3) is 0.200. The Morgan fingerprint density at radius 2 is 2.08 bits per heavy atom. The number of Topliss-reactive ketones (excluding diaryl/α,β-unsaturated/α-hetero) is 1. The minimum atomic E-state index is -1.04. The molecule has 1 unspecified atom stereocenters. The third kappa shape index (κ3) is 2.39. The minimum absolute atomic E-state index is 0.0998. The van der Waals surface area contributed by atoms with E-state index in [4.69, 9.17) is 4.74 Å². The van der Waals surface area contributed by atoms with Gasteiger partial charge in [0.25, 0.3) is 0 Å². The van der Waals surface area contributed by atoms with Crippen LogP contribution < -0.4 is 4.74 Å². The number of H-pyrrole nitrogens is 1. The summed E-state index contributed by atoms with van der Waals surface area (Å²) in [4.78, 5) is 27.0. The van der Waals surface area contributed by atoms with Gasteiger partial charge in [0.15, 0.2) is 5.78 Å². The predicted octanol–water partition coefficient (Wildman–Crippen LogP) is 3.98. The lowest BCUT2D eigenvalue weighted by Crippen LogP contribution is -2.05. The molecule has 1 aromatic heterocycles. The summed E-state index contributed by atoms with van der Waals surface area (Å²) in [6, 6.07) is 11.0. The fourth-order valence-corrected chi connectivity index (χ4v) is 3.52. The summed E-state index contributed by atoms with van der Waals surface area (Å²) in [5.74, 6) is -0.732. The van der Waals surface area contributed by atoms with E-state index in [-0.39, 0.29) is 17.3 Å². The molecule has 1 aliphatic heterocycles. The van der Waals surface area contributed by atoms with Crippen molar-refractivity contribution in [1.82, 2.24) is 4.98 Å². The van der Waals surface area contributed by atoms with Crippen LogP contribution in [0.3, 0.4) is 0 Å². The van der Waals surface area contributed by atoms with Gasteiger partial charge in [-0.1, -0.05) is 19.1 Å². The van der Waals surface area contributed by atoms with Gasteiger partial charge in [0, 0.05) is 35.0 Å². The van der Waals surface area contributed by atoms with E-state index in [1.165, 1.54) is 6.07 Å². The van der Waals surface area contributed by atoms with Crippen molar-refractivity contribution in [2.75, 3.05) is 6.61 Å². The number of hydrogen-bond donors (Lipinski definition) is 2. The van der Waals surface area contributed by atoms with Crippen molar-refractivity contribution in [2.45, 2.75) is 19.3 Å². The minimum Gasteiger partial charge on any atom is -0.492 e. The summed E-state index contributed by atoms with van der Waals surface area (Å²) in [6.45, 7) is 2.15. The average molecular weight is 335 g/mol. The van der Waals surface area contributed by atoms with Gasteiger partial charge in [0.05, 0.1) is 17.7 Å². The van der Waals surface area contributed by atoms with Crippen LogP contribution in [0, 0.1) is 0 Å². The topological polar surface area (TPSA) is 79.4 Å². The molecule has 2 aromatic carbocycles. The molecule has 25 heavy (non-hydrogen) atoms. The zero-order chi connectivity index (χ0) is 17.6. The molecule has 0 spiro atoms. The molecule has 0 saturated heterocycles. The summed E-state index contributed by atoms with van der Waals surface area (Å²) in [7, 11) is 0. The SMILES string of the molecule is CCC(=O)c1cc(C(=O)O)cc2c1OCC2c1cccc2[nH]ccc12. The van der Waals surface area contributed by atoms with Crippen LogP contribution in [0.1, 0.15) is 51.1 Å². The number of nitrogens with one attached hydrogen (secondary N) is 1. The van der Waals surface area contributed by atoms with Crippen LogP contribution in [0.25, 0.3) is 10.9 Å². The van der Waals surface area contributed by atoms with E-state index in [1.54, 1.807) is 13.0 Å². The van der Waals surface area contributed by atoms with Gasteiger partial charge in [-0.25, -0.2) is 4.79 Å². The first kappa shape index (κ1) is 15.4. The van der Waals surface area contributed by atoms with Gasteiger partial charge in [-0.2, -0.15) is 0 Å². The lowest BCUT2D eigenvalue weighted by molar-refractivity contribution is 0.0696. The number of carbonyl (C=O) groups is 2. The van der Waals surface area contributed by atoms with Gasteiger partial charge in [-0.3, -0.25) is 4.79 Å². The predicted molar refractivity (Wildman–Crippen MR) is 93.7 cm³/mol. The molecular weight excluding hydrogens is 318 g/mol. The summed E-state index contributed by atoms with van der Waals surface area (Å²) in [5, 5.41) is 10.5. The first-order chi connectivity index (χ1) is 12.1. The third-order valence-corrected chi connectivity index (χ3v) is 4.76. The number of hydrogen-bond acceptors (Lipinski definition) is 3. The van der Waals surface area contributed by atoms with Gasteiger partial charge in [-0.05, 0) is 29.8 Å². The molecular formula is C20H17NO4. The van der Waals surface area contributed by atoms with Gasteiger partial charge < -0.3 is 14.8 Å². The molecule has 0 saturated carbocycles. The van der Waals surface area contributed by atoms with Crippen LogP contribution in [-0.4, -0.2) is 28.4 Å². The maximum Gasteiger partial charge on any atom is 0.335 e. The van der Waals surface area contributed by atoms with Crippen molar-refractivity contribution in [2.24, 2.45) is 0 Å². The zero-order valence-corrected chi connectivity index (χ0v) is 13.7. The van der Waals surface area contributed by atoms with Crippen molar-refractivity contribution in [3.63, 3.8) is 0 Å². The molecule has 2 N–H and O–H groups in total. The number of carboxylic acid groups (broad SMARTS) is 1. The molecule has 126 valence electrons. The number of benzene rings is 2. The standard InChI is InChI=1S/C20H17NO4/c1-2-18(22)15-9-11(20(23)24)8-14-16(10-25-19(14)15)12-4-3-5-17-13(12)6-7-21-17/h3-9,16,21H,2,10H2,1H3,(H,23,24). The summed E-state index contributed by atoms with van der Waals surface area (Å²) in [5.41, 5.74) is 3.33. The Labute approximate surface area is 144 Å². The van der Waals surface area contributed by atoms with Crippen LogP contribution in [-0.2, 0) is 0 Å². The highest BCUT2D eigenvalue weighted by Gasteiger charge is 2.32. The normalized spacial score (nSPS) is 15.8. The number of carbonyl (C=O) groups excluding carboxylic acids is 1. The third-order valence-electron chi connectivity index (χ3n) is 4.76. The number of ether oxygens (including phenoxy) is 1. The monoisotopic (exact) mass is 335 g/mol. The van der Waals surface area contributed by atoms with Crippen LogP contribution in [0.4, 0.5) is 0 Å². The van der Waals surface area contributed by atoms with Crippen molar-refractivity contribution in [3.8, 4) is 5.75 Å². The number of fused-ring (bicyclic) bond motifs is 2. The van der Waals surface area contributed by atoms with E-state index in [9.17, 15) is 14.7 Å². The lowest BCUT2D eigenvalue weighted by Gasteiger charge is -2.12. The molecule has 1 aliphatic rings. The molecule has 5 heteroatoms. The number of ketones is 1. The molecule has 0 bridgehead atoms. The van der Waals surface area contributed by atoms with Crippen molar-refractivity contribution >= 4 is 22.7 Å². The smallest absolute Gasteiger partial charge is 0.335 e. The number of rotatable bonds is 4. The summed E-state index contributed by atoms with van der Waals surface area (Å²) in [6.07, 6.45) is 2.18. The van der Waals surface area contributed by atoms with E-state index >= 15 is 0 Å². The fourth-order valence-electron chi connectivity index (χ4n) is 3.52. The second kappa shape index (κ2) is 5.77. The molecule has 2 heterocycles. The Balaban J connectivity index is 1.92. The van der Waals surface area contributed by atoms with Crippen LogP contribution >= 0.6 is 0 Å². The first-order valence-corrected chi connectivity index (χ1v) is 8.23. The van der Waals surface area contributed by atoms with Crippen LogP contribution in [0.2, 0.25) is 0 Å². The Bertz CT molecular complexity index is 1000. The number of aromatic amines is 1. The van der Waals surface area contributed by atoms with E-state index in [0.717, 1.165) is 22.0 Å². The lowest BCUT2D eigenvalue weighted by atomic mass is 9.88. The molecule has 0 aliphatic carbocycles. The quantitative estimate of drug-likeness (QED) is 0.707. The molecule has 1 atom stereocenters. The van der Waals surface area contributed by atoms with Crippen LogP contribution in [0.5, 0.6) is 5.75 Å². The zero-order valence-electron chi connectivity index (χ0n) is 13.7. The summed E-state index contributed by atoms with van der Waals surface area (Å²) < 4.78 is 5.86. The first-order valence-electron chi connectivity index (χ1n) is 8.23. The highest BCUT2D eigenvalue weighted by atomic mass is 16.5. The van der Waals surface area contributed by atoms with Crippen molar-refractivity contribution in [3.05, 3.63) is 64.8 Å². The molecule has 3 aromatic rings. The average Bonchev–Trinajstić information content (AvgIpc) is 3.26. The molecule has 0 amide bonds. The van der Waals surface area contributed by atoms with E-state index in [2.05, 4.69) is 4.98 Å². The number of aromatic carboxylic acids is 1. The van der Waals surface area contributed by atoms with Crippen molar-refractivity contribution in [1.29, 1.82) is 0 Å². The maximum atomic E-state index is 12.3. The second-order valence-electron chi connectivity index (χ2n) is 6.17. The van der Waals surface area contributed by atoms with Crippen LogP contribution in [0.15, 0.2) is 42.6 Å². The van der Waals surface area contributed by atoms with Gasteiger partial charge in [-0.15, -0.1) is 0 Å². The maximum absolute atomic E-state index is 12.3. The molecule has 5 nitrogen and oxygen atoms in total. The van der Waals surface area contributed by atoms with E-state index in [0.29, 0.717) is 24.3 Å². The van der Waals surface area contributed by atoms with E-state index < -0.39 is 5.97 Å². The number of carboxylic acids is 1. The van der Waals surface area contributed by atoms with E-state index in [1.807, 2.05) is 30.5 Å². The molecule has 0 fully saturated rings. The molecule has 4 rings (SSSR count). The van der Waals surface area contributed by atoms with Gasteiger partial charge in [0.2, 0.25) is 0 Å². The van der Waals surface area contributed by atoms with Gasteiger partial charge >= 0.3 is 5.97 Å². The second-order valence-corrected chi connectivity index (χ2v) is 6.17. The Kier molecular flexibility index (Phi) is 3.57. The van der Waals surface area contributed by atoms with Gasteiger partial charge in [0.1, 0.15) is 5.75 Å². The number of aromatic nitrogens is 1. The highest BCUT2D eigenvalue weighted by molar-refractivity contribution is 6.02. The Hall–Kier alpha value is -3.08. The Morgan fingerprint density at radius 1 is 1.24 bits per heavy atom. The van der Waals surface area contributed by atoms with Crippen molar-refractivity contribution < 1.29 is 19.4 Å².